The van der Waals surface area contributed by atoms with Crippen LogP contribution in [0.2, 0.25) is 5.02 Å². The number of benzene rings is 1. The molecule has 1 aliphatic heterocycles. The van der Waals surface area contributed by atoms with Crippen LogP contribution in [0.25, 0.3) is 11.1 Å². The number of oxazole rings is 1. The highest BCUT2D eigenvalue weighted by Gasteiger charge is 2.22. The number of anilines is 2. The minimum atomic E-state index is -0.196. The fraction of sp³-hybridized carbons (Fsp3) is 0.312. The van der Waals surface area contributed by atoms with Crippen molar-refractivity contribution in [2.45, 2.75) is 6.92 Å². The van der Waals surface area contributed by atoms with Gasteiger partial charge in [-0.2, -0.15) is 10.1 Å². The maximum Gasteiger partial charge on any atom is 0.298 e. The molecule has 3 heterocycles. The third-order valence-corrected chi connectivity index (χ3v) is 4.39. The van der Waals surface area contributed by atoms with Crippen LogP contribution < -0.4 is 15.4 Å². The van der Waals surface area contributed by atoms with Gasteiger partial charge in [0, 0.05) is 37.3 Å². The van der Waals surface area contributed by atoms with Crippen LogP contribution in [-0.2, 0) is 0 Å². The van der Waals surface area contributed by atoms with Crippen LogP contribution in [0, 0.1) is 6.92 Å². The van der Waals surface area contributed by atoms with Crippen molar-refractivity contribution in [3.05, 3.63) is 45.2 Å². The molecule has 1 fully saturated rings. The lowest BCUT2D eigenvalue weighted by Gasteiger charge is -2.34. The second-order valence-electron chi connectivity index (χ2n) is 5.82. The minimum Gasteiger partial charge on any atom is -0.423 e. The number of aromatic amines is 1. The van der Waals surface area contributed by atoms with E-state index in [1.54, 1.807) is 6.07 Å². The Morgan fingerprint density at radius 2 is 1.92 bits per heavy atom. The Kier molecular flexibility index (Phi) is 3.65. The average molecular weight is 346 g/mol. The molecule has 0 aliphatic carbocycles. The molecule has 0 spiro atoms. The number of aromatic nitrogens is 3. The molecule has 0 amide bonds. The Morgan fingerprint density at radius 1 is 1.17 bits per heavy atom. The monoisotopic (exact) mass is 345 g/mol. The van der Waals surface area contributed by atoms with E-state index in [9.17, 15) is 4.79 Å². The SMILES string of the molecule is Cc1cc(Cl)cc2nc(N3CCN(c4ccc(=O)[nH]n4)CC3)oc12. The number of nitrogens with one attached hydrogen (secondary N) is 1. The third kappa shape index (κ3) is 2.71. The first-order chi connectivity index (χ1) is 11.6. The molecular formula is C16H16ClN5O2. The summed E-state index contributed by atoms with van der Waals surface area (Å²) in [4.78, 5) is 19.9. The summed E-state index contributed by atoms with van der Waals surface area (Å²) in [5.41, 5.74) is 2.34. The molecule has 1 N–H and O–H groups in total. The zero-order valence-electron chi connectivity index (χ0n) is 13.1. The van der Waals surface area contributed by atoms with E-state index >= 15 is 0 Å². The Bertz CT molecular complexity index is 923. The van der Waals surface area contributed by atoms with E-state index in [-0.39, 0.29) is 5.56 Å². The first kappa shape index (κ1) is 15.0. The molecule has 1 saturated heterocycles. The van der Waals surface area contributed by atoms with Crippen LogP contribution >= 0.6 is 11.6 Å². The van der Waals surface area contributed by atoms with E-state index in [2.05, 4.69) is 25.0 Å². The fourth-order valence-corrected chi connectivity index (χ4v) is 3.19. The quantitative estimate of drug-likeness (QED) is 0.767. The normalized spacial score (nSPS) is 15.2. The van der Waals surface area contributed by atoms with Crippen molar-refractivity contribution in [3.63, 3.8) is 0 Å². The minimum absolute atomic E-state index is 0.196. The van der Waals surface area contributed by atoms with Gasteiger partial charge in [-0.3, -0.25) is 4.79 Å². The standard InChI is InChI=1S/C16H16ClN5O2/c1-10-8-11(17)9-12-15(10)24-16(18-12)22-6-4-21(5-7-22)13-2-3-14(23)20-19-13/h2-3,8-9H,4-7H2,1H3,(H,20,23). The predicted molar refractivity (Wildman–Crippen MR) is 93.0 cm³/mol. The zero-order valence-corrected chi connectivity index (χ0v) is 13.9. The summed E-state index contributed by atoms with van der Waals surface area (Å²) in [6, 6.07) is 7.53. The van der Waals surface area contributed by atoms with Crippen molar-refractivity contribution in [1.82, 2.24) is 15.2 Å². The summed E-state index contributed by atoms with van der Waals surface area (Å²) in [7, 11) is 0. The largest absolute Gasteiger partial charge is 0.423 e. The van der Waals surface area contributed by atoms with E-state index in [4.69, 9.17) is 16.0 Å². The second kappa shape index (κ2) is 5.83. The number of piperazine rings is 1. The molecule has 3 aromatic rings. The molecule has 0 saturated carbocycles. The summed E-state index contributed by atoms with van der Waals surface area (Å²) < 4.78 is 5.92. The molecule has 1 aliphatic rings. The van der Waals surface area contributed by atoms with E-state index in [1.807, 2.05) is 19.1 Å². The Labute approximate surface area is 142 Å². The van der Waals surface area contributed by atoms with E-state index in [1.165, 1.54) is 6.07 Å². The number of aryl methyl sites for hydroxylation is 1. The number of halogens is 1. The van der Waals surface area contributed by atoms with Crippen LogP contribution in [0.15, 0.2) is 33.5 Å². The number of hydrogen-bond donors (Lipinski definition) is 1. The first-order valence-corrected chi connectivity index (χ1v) is 8.10. The lowest BCUT2D eigenvalue weighted by atomic mass is 10.2. The molecule has 124 valence electrons. The van der Waals surface area contributed by atoms with Gasteiger partial charge in [0.25, 0.3) is 11.6 Å². The highest BCUT2D eigenvalue weighted by Crippen LogP contribution is 2.28. The van der Waals surface area contributed by atoms with Crippen molar-refractivity contribution in [2.75, 3.05) is 36.0 Å². The molecule has 0 radical (unpaired) electrons. The number of H-pyrrole nitrogens is 1. The molecular weight excluding hydrogens is 330 g/mol. The summed E-state index contributed by atoms with van der Waals surface area (Å²) in [5.74, 6) is 0.773. The number of fused-ring (bicyclic) bond motifs is 1. The second-order valence-corrected chi connectivity index (χ2v) is 6.26. The molecule has 8 heteroatoms. The molecule has 0 unspecified atom stereocenters. The number of rotatable bonds is 2. The summed E-state index contributed by atoms with van der Waals surface area (Å²) in [6.45, 7) is 5.04. The highest BCUT2D eigenvalue weighted by atomic mass is 35.5. The molecule has 1 aromatic carbocycles. The molecule has 0 atom stereocenters. The lowest BCUT2D eigenvalue weighted by Crippen LogP contribution is -2.47. The average Bonchev–Trinajstić information content (AvgIpc) is 3.00. The summed E-state index contributed by atoms with van der Waals surface area (Å²) in [5, 5.41) is 7.20. The Balaban J connectivity index is 1.52. The lowest BCUT2D eigenvalue weighted by molar-refractivity contribution is 0.538. The summed E-state index contributed by atoms with van der Waals surface area (Å²) in [6.07, 6.45) is 0. The maximum atomic E-state index is 11.1. The summed E-state index contributed by atoms with van der Waals surface area (Å²) >= 11 is 6.08. The van der Waals surface area contributed by atoms with Crippen molar-refractivity contribution in [2.24, 2.45) is 0 Å². The third-order valence-electron chi connectivity index (χ3n) is 4.17. The van der Waals surface area contributed by atoms with Crippen LogP contribution in [0.5, 0.6) is 0 Å². The molecule has 7 nitrogen and oxygen atoms in total. The van der Waals surface area contributed by atoms with Gasteiger partial charge in [-0.1, -0.05) is 11.6 Å². The molecule has 0 bridgehead atoms. The van der Waals surface area contributed by atoms with Crippen LogP contribution in [0.3, 0.4) is 0 Å². The highest BCUT2D eigenvalue weighted by molar-refractivity contribution is 6.31. The molecule has 2 aromatic heterocycles. The zero-order chi connectivity index (χ0) is 16.7. The van der Waals surface area contributed by atoms with Gasteiger partial charge in [-0.25, -0.2) is 5.10 Å². The molecule has 4 rings (SSSR count). The first-order valence-electron chi connectivity index (χ1n) is 7.72. The Hall–Kier alpha value is -2.54. The van der Waals surface area contributed by atoms with Gasteiger partial charge in [0.05, 0.1) is 0 Å². The fourth-order valence-electron chi connectivity index (χ4n) is 2.92. The van der Waals surface area contributed by atoms with Crippen molar-refractivity contribution in [1.29, 1.82) is 0 Å². The van der Waals surface area contributed by atoms with Gasteiger partial charge in [0.2, 0.25) is 0 Å². The van der Waals surface area contributed by atoms with Gasteiger partial charge >= 0.3 is 0 Å². The van der Waals surface area contributed by atoms with Crippen molar-refractivity contribution in [3.8, 4) is 0 Å². The van der Waals surface area contributed by atoms with Crippen LogP contribution in [0.4, 0.5) is 11.8 Å². The van der Waals surface area contributed by atoms with E-state index in [0.717, 1.165) is 48.7 Å². The number of hydrogen-bond acceptors (Lipinski definition) is 6. The van der Waals surface area contributed by atoms with E-state index < -0.39 is 0 Å². The smallest absolute Gasteiger partial charge is 0.298 e. The number of nitrogens with zero attached hydrogens (tertiary/aromatic N) is 4. The van der Waals surface area contributed by atoms with Crippen LogP contribution in [0.1, 0.15) is 5.56 Å². The van der Waals surface area contributed by atoms with Gasteiger partial charge in [0.1, 0.15) is 11.3 Å². The van der Waals surface area contributed by atoms with Gasteiger partial charge in [-0.05, 0) is 30.7 Å². The van der Waals surface area contributed by atoms with Crippen molar-refractivity contribution < 1.29 is 4.42 Å². The van der Waals surface area contributed by atoms with E-state index in [0.29, 0.717) is 11.0 Å². The van der Waals surface area contributed by atoms with Crippen molar-refractivity contribution >= 4 is 34.5 Å². The van der Waals surface area contributed by atoms with Gasteiger partial charge in [0.15, 0.2) is 5.58 Å². The van der Waals surface area contributed by atoms with Gasteiger partial charge in [-0.15, -0.1) is 0 Å². The van der Waals surface area contributed by atoms with Gasteiger partial charge < -0.3 is 14.2 Å². The topological polar surface area (TPSA) is 78.3 Å². The van der Waals surface area contributed by atoms with Crippen LogP contribution in [-0.4, -0.2) is 41.4 Å². The maximum absolute atomic E-state index is 11.1. The Morgan fingerprint density at radius 3 is 2.62 bits per heavy atom. The predicted octanol–water partition coefficient (Wildman–Crippen LogP) is 2.20. The molecule has 24 heavy (non-hydrogen) atoms.